The van der Waals surface area contributed by atoms with Gasteiger partial charge >= 0.3 is 12.7 Å². The molecular weight excluding hydrogens is 394 g/mol. The summed E-state index contributed by atoms with van der Waals surface area (Å²) in [5.74, 6) is 5.76. The zero-order valence-electron chi connectivity index (χ0n) is 18.4. The van der Waals surface area contributed by atoms with Crippen LogP contribution in [0.25, 0.3) is 4.85 Å². The lowest BCUT2D eigenvalue weighted by molar-refractivity contribution is -0.207. The van der Waals surface area contributed by atoms with Crippen LogP contribution in [0.15, 0.2) is 30.0 Å². The third-order valence-corrected chi connectivity index (χ3v) is 5.63. The van der Waals surface area contributed by atoms with Gasteiger partial charge in [0.25, 0.3) is 0 Å². The normalized spacial score (nSPS) is 19.7. The monoisotopic (exact) mass is 423 g/mol. The Kier molecular flexibility index (Phi) is 6.93. The Morgan fingerprint density at radius 2 is 2.06 bits per heavy atom. The first-order valence-electron chi connectivity index (χ1n) is 10.7. The van der Waals surface area contributed by atoms with Gasteiger partial charge in [0.1, 0.15) is 17.1 Å². The van der Waals surface area contributed by atoms with Gasteiger partial charge in [0.2, 0.25) is 5.79 Å². The van der Waals surface area contributed by atoms with Crippen molar-refractivity contribution >= 4 is 5.97 Å². The van der Waals surface area contributed by atoms with Crippen LogP contribution in [-0.2, 0) is 20.7 Å². The summed E-state index contributed by atoms with van der Waals surface area (Å²) in [5, 5.41) is 11.6. The van der Waals surface area contributed by atoms with Crippen LogP contribution in [0, 0.1) is 24.3 Å². The Morgan fingerprint density at radius 3 is 2.71 bits per heavy atom. The topological polar surface area (TPSA) is 69.4 Å². The molecule has 0 saturated heterocycles. The number of carbonyl (C=O) groups excluding carboxylic acids is 1. The number of cyclic esters (lactones) is 1. The number of benzene rings is 1. The maximum absolute atomic E-state index is 11.9. The Balaban J connectivity index is 1.88. The summed E-state index contributed by atoms with van der Waals surface area (Å²) in [6.07, 6.45) is 6.05. The number of aryl methyl sites for hydroxylation is 1. The van der Waals surface area contributed by atoms with E-state index in [9.17, 15) is 9.90 Å². The van der Waals surface area contributed by atoms with E-state index in [2.05, 4.69) is 16.7 Å². The van der Waals surface area contributed by atoms with Crippen molar-refractivity contribution in [2.24, 2.45) is 5.92 Å². The number of esters is 1. The Hall–Kier alpha value is -2.96. The second kappa shape index (κ2) is 9.45. The maximum Gasteiger partial charge on any atom is 0.357 e. The minimum atomic E-state index is -1.30. The molecule has 0 radical (unpaired) electrons. The third kappa shape index (κ3) is 5.81. The highest BCUT2D eigenvalue weighted by molar-refractivity contribution is 5.83. The minimum Gasteiger partial charge on any atom is -0.457 e. The Bertz CT molecular complexity index is 956. The van der Waals surface area contributed by atoms with Gasteiger partial charge in [0, 0.05) is 25.8 Å². The first kappa shape index (κ1) is 22.7. The molecule has 1 aliphatic carbocycles. The van der Waals surface area contributed by atoms with Crippen LogP contribution in [0.2, 0.25) is 0 Å². The molecule has 6 heteroatoms. The zero-order chi connectivity index (χ0) is 22.5. The van der Waals surface area contributed by atoms with Gasteiger partial charge in [-0.15, -0.1) is 0 Å². The molecule has 0 bridgehead atoms. The largest absolute Gasteiger partial charge is 0.457 e. The van der Waals surface area contributed by atoms with Crippen molar-refractivity contribution in [2.45, 2.75) is 70.7 Å². The number of rotatable bonds is 6. The van der Waals surface area contributed by atoms with Gasteiger partial charge < -0.3 is 19.3 Å². The summed E-state index contributed by atoms with van der Waals surface area (Å²) in [6.45, 7) is 12.2. The van der Waals surface area contributed by atoms with Crippen molar-refractivity contribution in [2.75, 3.05) is 6.73 Å². The van der Waals surface area contributed by atoms with Gasteiger partial charge in [-0.25, -0.2) is 11.4 Å². The molecule has 0 aromatic heterocycles. The number of hydrogen-bond acceptors (Lipinski definition) is 5. The highest BCUT2D eigenvalue weighted by Gasteiger charge is 2.41. The molecule has 3 rings (SSSR count). The summed E-state index contributed by atoms with van der Waals surface area (Å²) in [7, 11) is 0. The van der Waals surface area contributed by atoms with Crippen molar-refractivity contribution in [3.8, 4) is 17.6 Å². The number of hydrogen-bond donors (Lipinski definition) is 1. The maximum atomic E-state index is 11.9. The summed E-state index contributed by atoms with van der Waals surface area (Å²) in [6, 6.07) is 5.57. The van der Waals surface area contributed by atoms with E-state index in [0.717, 1.165) is 43.2 Å². The standard InChI is InChI=1S/C25H29NO5/c1-5-19-14-18(10-11-22(19)29-17-26-4)12-13-25(28,20-8-6-7-9-20)16-21-15-23(27)31-24(2,3)30-21/h10-11,14-15,20,28H,5-9,16-17H2,1-3H3. The molecule has 31 heavy (non-hydrogen) atoms. The lowest BCUT2D eigenvalue weighted by Crippen LogP contribution is -2.40. The molecule has 1 aliphatic heterocycles. The van der Waals surface area contributed by atoms with E-state index in [-0.39, 0.29) is 19.1 Å². The molecular formula is C25H29NO5. The molecule has 1 atom stereocenters. The molecule has 1 aromatic carbocycles. The van der Waals surface area contributed by atoms with Crippen molar-refractivity contribution in [3.05, 3.63) is 52.6 Å². The van der Waals surface area contributed by atoms with Gasteiger partial charge in [-0.05, 0) is 48.9 Å². The van der Waals surface area contributed by atoms with Crippen molar-refractivity contribution in [1.82, 2.24) is 0 Å². The molecule has 2 aliphatic rings. The predicted molar refractivity (Wildman–Crippen MR) is 116 cm³/mol. The highest BCUT2D eigenvalue weighted by atomic mass is 16.7. The van der Waals surface area contributed by atoms with Gasteiger partial charge in [0.15, 0.2) is 0 Å². The van der Waals surface area contributed by atoms with E-state index in [1.807, 2.05) is 25.1 Å². The lowest BCUT2D eigenvalue weighted by atomic mass is 9.82. The lowest BCUT2D eigenvalue weighted by Gasteiger charge is -2.35. The summed E-state index contributed by atoms with van der Waals surface area (Å²) >= 11 is 0. The SMILES string of the molecule is [C-]#[N+]COc1ccc(C#CC(O)(CC2=CC(=O)OC(C)(C)O2)C2CCCC2)cc1CC. The van der Waals surface area contributed by atoms with Crippen LogP contribution in [-0.4, -0.2) is 29.2 Å². The van der Waals surface area contributed by atoms with Crippen LogP contribution in [0.1, 0.15) is 64.0 Å². The quantitative estimate of drug-likeness (QED) is 0.418. The first-order valence-corrected chi connectivity index (χ1v) is 10.7. The van der Waals surface area contributed by atoms with Crippen LogP contribution in [0.3, 0.4) is 0 Å². The van der Waals surface area contributed by atoms with Gasteiger partial charge in [-0.1, -0.05) is 31.6 Å². The van der Waals surface area contributed by atoms with E-state index in [0.29, 0.717) is 11.5 Å². The number of aliphatic hydroxyl groups is 1. The van der Waals surface area contributed by atoms with E-state index in [1.165, 1.54) is 6.08 Å². The molecule has 1 unspecified atom stereocenters. The summed E-state index contributed by atoms with van der Waals surface area (Å²) in [4.78, 5) is 15.2. The second-order valence-corrected chi connectivity index (χ2v) is 8.47. The molecule has 1 fully saturated rings. The Labute approximate surface area is 184 Å². The van der Waals surface area contributed by atoms with Crippen LogP contribution < -0.4 is 4.74 Å². The van der Waals surface area contributed by atoms with Gasteiger partial charge in [-0.3, -0.25) is 4.85 Å². The molecule has 0 spiro atoms. The second-order valence-electron chi connectivity index (χ2n) is 8.47. The van der Waals surface area contributed by atoms with E-state index in [1.54, 1.807) is 13.8 Å². The molecule has 1 heterocycles. The number of nitrogens with zero attached hydrogens (tertiary/aromatic N) is 1. The minimum absolute atomic E-state index is 0.0116. The molecule has 1 saturated carbocycles. The molecule has 0 amide bonds. The summed E-state index contributed by atoms with van der Waals surface area (Å²) in [5.41, 5.74) is 0.422. The first-order chi connectivity index (χ1) is 14.7. The van der Waals surface area contributed by atoms with Crippen LogP contribution in [0.5, 0.6) is 5.75 Å². The fraction of sp³-hybridized carbons (Fsp3) is 0.520. The van der Waals surface area contributed by atoms with E-state index >= 15 is 0 Å². The van der Waals surface area contributed by atoms with E-state index in [4.69, 9.17) is 20.8 Å². The summed E-state index contributed by atoms with van der Waals surface area (Å²) < 4.78 is 16.4. The van der Waals surface area contributed by atoms with Gasteiger partial charge in [0.05, 0.1) is 6.08 Å². The molecule has 1 N–H and O–H groups in total. The highest BCUT2D eigenvalue weighted by Crippen LogP contribution is 2.39. The molecule has 6 nitrogen and oxygen atoms in total. The smallest absolute Gasteiger partial charge is 0.357 e. The van der Waals surface area contributed by atoms with Crippen LogP contribution >= 0.6 is 0 Å². The van der Waals surface area contributed by atoms with E-state index < -0.39 is 17.4 Å². The van der Waals surface area contributed by atoms with Crippen molar-refractivity contribution in [1.29, 1.82) is 0 Å². The number of carbonyl (C=O) groups is 1. The molecule has 164 valence electrons. The fourth-order valence-corrected chi connectivity index (χ4v) is 4.17. The number of ether oxygens (including phenoxy) is 3. The van der Waals surface area contributed by atoms with Crippen molar-refractivity contribution in [3.63, 3.8) is 0 Å². The zero-order valence-corrected chi connectivity index (χ0v) is 18.4. The predicted octanol–water partition coefficient (Wildman–Crippen LogP) is 4.36. The molecule has 1 aromatic rings. The fourth-order valence-electron chi connectivity index (χ4n) is 4.17. The third-order valence-electron chi connectivity index (χ3n) is 5.63. The average molecular weight is 424 g/mol. The van der Waals surface area contributed by atoms with Crippen LogP contribution in [0.4, 0.5) is 0 Å². The Morgan fingerprint density at radius 1 is 1.32 bits per heavy atom. The average Bonchev–Trinajstić information content (AvgIpc) is 3.25. The van der Waals surface area contributed by atoms with Crippen molar-refractivity contribution < 1.29 is 24.1 Å². The van der Waals surface area contributed by atoms with Gasteiger partial charge in [-0.2, -0.15) is 0 Å².